The normalized spacial score (nSPS) is 10.9. The Morgan fingerprint density at radius 3 is 2.73 bits per heavy atom. The predicted octanol–water partition coefficient (Wildman–Crippen LogP) is 2.26. The van der Waals surface area contributed by atoms with Crippen LogP contribution in [0.3, 0.4) is 0 Å². The van der Waals surface area contributed by atoms with E-state index in [0.717, 1.165) is 31.2 Å². The zero-order valence-corrected chi connectivity index (χ0v) is 15.4. The molecular formula is C20H26N4O2. The number of methoxy groups -OCH3 is 1. The summed E-state index contributed by atoms with van der Waals surface area (Å²) in [6.07, 6.45) is 9.35. The second kappa shape index (κ2) is 10.7. The van der Waals surface area contributed by atoms with E-state index < -0.39 is 0 Å². The molecule has 0 amide bonds. The van der Waals surface area contributed by atoms with Crippen molar-refractivity contribution in [2.75, 3.05) is 26.8 Å². The summed E-state index contributed by atoms with van der Waals surface area (Å²) in [5.41, 5.74) is 1.01. The van der Waals surface area contributed by atoms with Gasteiger partial charge < -0.3 is 24.7 Å². The Balaban J connectivity index is 1.97. The fraction of sp³-hybridized carbons (Fsp3) is 0.350. The second-order valence-corrected chi connectivity index (χ2v) is 5.52. The molecule has 6 nitrogen and oxygen atoms in total. The monoisotopic (exact) mass is 354 g/mol. The Morgan fingerprint density at radius 1 is 1.23 bits per heavy atom. The number of guanidine groups is 1. The Labute approximate surface area is 155 Å². The topological polar surface area (TPSA) is 59.8 Å². The molecule has 0 aliphatic heterocycles. The molecule has 0 spiro atoms. The SMILES string of the molecule is C#CCOc1cc(CN=C(NCC)NCCn2cccc2)ccc1OC. The molecule has 0 unspecified atom stereocenters. The molecule has 1 heterocycles. The molecular weight excluding hydrogens is 328 g/mol. The molecule has 2 rings (SSSR count). The maximum absolute atomic E-state index is 5.53. The summed E-state index contributed by atoms with van der Waals surface area (Å²) in [6.45, 7) is 5.24. The van der Waals surface area contributed by atoms with Crippen molar-refractivity contribution in [1.29, 1.82) is 0 Å². The number of aromatic nitrogens is 1. The van der Waals surface area contributed by atoms with Gasteiger partial charge >= 0.3 is 0 Å². The van der Waals surface area contributed by atoms with E-state index in [4.69, 9.17) is 15.9 Å². The fourth-order valence-corrected chi connectivity index (χ4v) is 2.39. The first-order valence-electron chi connectivity index (χ1n) is 8.63. The van der Waals surface area contributed by atoms with E-state index in [1.165, 1.54) is 0 Å². The van der Waals surface area contributed by atoms with Gasteiger partial charge in [0.15, 0.2) is 17.5 Å². The van der Waals surface area contributed by atoms with Crippen molar-refractivity contribution in [3.63, 3.8) is 0 Å². The Bertz CT molecular complexity index is 733. The van der Waals surface area contributed by atoms with E-state index >= 15 is 0 Å². The van der Waals surface area contributed by atoms with Crippen molar-refractivity contribution < 1.29 is 9.47 Å². The van der Waals surface area contributed by atoms with Crippen molar-refractivity contribution in [2.24, 2.45) is 4.99 Å². The van der Waals surface area contributed by atoms with Gasteiger partial charge in [0.2, 0.25) is 0 Å². The van der Waals surface area contributed by atoms with Gasteiger partial charge in [-0.05, 0) is 36.8 Å². The number of terminal acetylenes is 1. The molecule has 6 heteroatoms. The number of rotatable bonds is 9. The lowest BCUT2D eigenvalue weighted by molar-refractivity contribution is 0.330. The number of nitrogens with one attached hydrogen (secondary N) is 2. The molecule has 1 aromatic heterocycles. The fourth-order valence-electron chi connectivity index (χ4n) is 2.39. The summed E-state index contributed by atoms with van der Waals surface area (Å²) in [6, 6.07) is 9.77. The average Bonchev–Trinajstić information content (AvgIpc) is 3.18. The van der Waals surface area contributed by atoms with E-state index in [1.54, 1.807) is 7.11 Å². The zero-order valence-electron chi connectivity index (χ0n) is 15.4. The molecule has 1 aromatic carbocycles. The van der Waals surface area contributed by atoms with Crippen molar-refractivity contribution >= 4 is 5.96 Å². The third-order valence-electron chi connectivity index (χ3n) is 3.63. The summed E-state index contributed by atoms with van der Waals surface area (Å²) < 4.78 is 12.9. The van der Waals surface area contributed by atoms with E-state index in [0.29, 0.717) is 18.0 Å². The number of hydrogen-bond donors (Lipinski definition) is 2. The van der Waals surface area contributed by atoms with Crippen LogP contribution in [0.5, 0.6) is 11.5 Å². The predicted molar refractivity (Wildman–Crippen MR) is 105 cm³/mol. The van der Waals surface area contributed by atoms with E-state index in [9.17, 15) is 0 Å². The van der Waals surface area contributed by atoms with Gasteiger partial charge in [-0.3, -0.25) is 0 Å². The molecule has 2 aromatic rings. The first kappa shape index (κ1) is 19.3. The van der Waals surface area contributed by atoms with Gasteiger partial charge in [0, 0.05) is 32.0 Å². The molecule has 26 heavy (non-hydrogen) atoms. The van der Waals surface area contributed by atoms with Crippen LogP contribution in [0, 0.1) is 12.3 Å². The summed E-state index contributed by atoms with van der Waals surface area (Å²) >= 11 is 0. The highest BCUT2D eigenvalue weighted by Crippen LogP contribution is 2.28. The largest absolute Gasteiger partial charge is 0.493 e. The smallest absolute Gasteiger partial charge is 0.191 e. The van der Waals surface area contributed by atoms with Gasteiger partial charge in [-0.2, -0.15) is 0 Å². The number of aliphatic imine (C=N–C) groups is 1. The van der Waals surface area contributed by atoms with Gasteiger partial charge in [0.1, 0.15) is 6.61 Å². The molecule has 0 atom stereocenters. The van der Waals surface area contributed by atoms with Crippen molar-refractivity contribution in [2.45, 2.75) is 20.0 Å². The molecule has 0 aliphatic rings. The maximum atomic E-state index is 5.53. The van der Waals surface area contributed by atoms with E-state index in [2.05, 4.69) is 26.1 Å². The van der Waals surface area contributed by atoms with Crippen LogP contribution in [0.15, 0.2) is 47.7 Å². The number of nitrogens with zero attached hydrogens (tertiary/aromatic N) is 2. The van der Waals surface area contributed by atoms with Crippen molar-refractivity contribution in [3.8, 4) is 23.8 Å². The van der Waals surface area contributed by atoms with Crippen LogP contribution in [0.4, 0.5) is 0 Å². The highest BCUT2D eigenvalue weighted by atomic mass is 16.5. The minimum absolute atomic E-state index is 0.201. The lowest BCUT2D eigenvalue weighted by Gasteiger charge is -2.13. The lowest BCUT2D eigenvalue weighted by atomic mass is 10.2. The van der Waals surface area contributed by atoms with Crippen LogP contribution in [0.25, 0.3) is 0 Å². The minimum Gasteiger partial charge on any atom is -0.493 e. The lowest BCUT2D eigenvalue weighted by Crippen LogP contribution is -2.38. The van der Waals surface area contributed by atoms with Gasteiger partial charge in [0.25, 0.3) is 0 Å². The third-order valence-corrected chi connectivity index (χ3v) is 3.63. The Morgan fingerprint density at radius 2 is 2.04 bits per heavy atom. The van der Waals surface area contributed by atoms with Crippen LogP contribution in [-0.4, -0.2) is 37.3 Å². The molecule has 0 fully saturated rings. The molecule has 2 N–H and O–H groups in total. The summed E-state index contributed by atoms with van der Waals surface area (Å²) in [4.78, 5) is 4.63. The van der Waals surface area contributed by atoms with Crippen LogP contribution in [0.1, 0.15) is 12.5 Å². The average molecular weight is 354 g/mol. The molecule has 0 saturated heterocycles. The van der Waals surface area contributed by atoms with Gasteiger partial charge in [-0.25, -0.2) is 4.99 Å². The van der Waals surface area contributed by atoms with Crippen LogP contribution in [-0.2, 0) is 13.1 Å². The first-order valence-corrected chi connectivity index (χ1v) is 8.63. The number of benzene rings is 1. The Hall–Kier alpha value is -3.07. The number of hydrogen-bond acceptors (Lipinski definition) is 3. The number of ether oxygens (including phenoxy) is 2. The molecule has 138 valence electrons. The zero-order chi connectivity index (χ0) is 18.6. The highest BCUT2D eigenvalue weighted by Gasteiger charge is 2.06. The molecule has 0 saturated carbocycles. The van der Waals surface area contributed by atoms with Crippen molar-refractivity contribution in [3.05, 3.63) is 48.3 Å². The quantitative estimate of drug-likeness (QED) is 0.412. The summed E-state index contributed by atoms with van der Waals surface area (Å²) in [7, 11) is 1.60. The van der Waals surface area contributed by atoms with Gasteiger partial charge in [-0.15, -0.1) is 6.42 Å². The van der Waals surface area contributed by atoms with E-state index in [-0.39, 0.29) is 6.61 Å². The van der Waals surface area contributed by atoms with Crippen LogP contribution < -0.4 is 20.1 Å². The molecule has 0 radical (unpaired) electrons. The van der Waals surface area contributed by atoms with Crippen LogP contribution >= 0.6 is 0 Å². The Kier molecular flexibility index (Phi) is 7.94. The third kappa shape index (κ3) is 6.10. The molecule has 0 aliphatic carbocycles. The molecule has 0 bridgehead atoms. The van der Waals surface area contributed by atoms with Crippen LogP contribution in [0.2, 0.25) is 0 Å². The maximum Gasteiger partial charge on any atom is 0.191 e. The van der Waals surface area contributed by atoms with Gasteiger partial charge in [0.05, 0.1) is 13.7 Å². The highest BCUT2D eigenvalue weighted by molar-refractivity contribution is 5.79. The van der Waals surface area contributed by atoms with Gasteiger partial charge in [-0.1, -0.05) is 12.0 Å². The summed E-state index contributed by atoms with van der Waals surface area (Å²) in [5.74, 6) is 4.53. The first-order chi connectivity index (χ1) is 12.8. The summed E-state index contributed by atoms with van der Waals surface area (Å²) in [5, 5.41) is 6.59. The minimum atomic E-state index is 0.201. The van der Waals surface area contributed by atoms with Crippen molar-refractivity contribution in [1.82, 2.24) is 15.2 Å². The van der Waals surface area contributed by atoms with E-state index in [1.807, 2.05) is 49.6 Å². The second-order valence-electron chi connectivity index (χ2n) is 5.52. The standard InChI is InChI=1S/C20H26N4O2/c1-4-14-26-19-15-17(8-9-18(19)25-3)16-23-20(21-5-2)22-10-13-24-11-6-7-12-24/h1,6-9,11-12,15H,5,10,13-14,16H2,2-3H3,(H2,21,22,23).